The van der Waals surface area contributed by atoms with Gasteiger partial charge in [0.1, 0.15) is 11.0 Å². The van der Waals surface area contributed by atoms with Gasteiger partial charge in [-0.3, -0.25) is 19.3 Å². The van der Waals surface area contributed by atoms with Crippen LogP contribution in [-0.4, -0.2) is 36.1 Å². The lowest BCUT2D eigenvalue weighted by Gasteiger charge is -2.42. The minimum Gasteiger partial charge on any atom is -0.325 e. The number of nitrogens with one attached hydrogen (secondary N) is 2. The fourth-order valence-electron chi connectivity index (χ4n) is 6.30. The van der Waals surface area contributed by atoms with E-state index in [0.717, 1.165) is 11.1 Å². The highest BCUT2D eigenvalue weighted by atomic mass is 16.2. The first-order valence-corrected chi connectivity index (χ1v) is 11.1. The fraction of sp³-hybridized carbons (Fsp3) is 0.222. The molecule has 6 heteroatoms. The minimum absolute atomic E-state index is 0.136. The van der Waals surface area contributed by atoms with E-state index in [-0.39, 0.29) is 24.1 Å². The summed E-state index contributed by atoms with van der Waals surface area (Å²) in [6.07, 6.45) is 0. The number of hydrogen-bond donors (Lipinski definition) is 2. The molecule has 3 aliphatic rings. The molecule has 3 heterocycles. The van der Waals surface area contributed by atoms with Crippen molar-refractivity contribution in [2.75, 3.05) is 24.2 Å². The second-order valence-electron chi connectivity index (χ2n) is 9.18. The van der Waals surface area contributed by atoms with E-state index in [2.05, 4.69) is 10.6 Å². The van der Waals surface area contributed by atoms with Crippen molar-refractivity contribution >= 4 is 29.0 Å². The highest BCUT2D eigenvalue weighted by Gasteiger charge is 2.77. The lowest BCUT2D eigenvalue weighted by atomic mass is 9.58. The molecule has 3 aromatic rings. The molecule has 0 saturated carbocycles. The molecule has 6 nitrogen and oxygen atoms in total. The summed E-state index contributed by atoms with van der Waals surface area (Å²) in [5, 5.41) is 6.00. The maximum Gasteiger partial charge on any atom is 0.251 e. The van der Waals surface area contributed by atoms with Gasteiger partial charge < -0.3 is 10.6 Å². The normalized spacial score (nSPS) is 27.5. The number of Topliss-reactive ketones (excluding diaryl/α,β-unsaturated/α-hetero) is 1. The molecular weight excluding hydrogens is 414 g/mol. The van der Waals surface area contributed by atoms with Gasteiger partial charge >= 0.3 is 0 Å². The highest BCUT2D eigenvalue weighted by Crippen LogP contribution is 2.63. The summed E-state index contributed by atoms with van der Waals surface area (Å²) in [6, 6.07) is 22.3. The van der Waals surface area contributed by atoms with Gasteiger partial charge in [-0.1, -0.05) is 66.2 Å². The third-order valence-corrected chi connectivity index (χ3v) is 7.63. The Labute approximate surface area is 191 Å². The summed E-state index contributed by atoms with van der Waals surface area (Å²) in [5.41, 5.74) is 1.58. The van der Waals surface area contributed by atoms with E-state index < -0.39 is 16.9 Å². The van der Waals surface area contributed by atoms with Gasteiger partial charge in [-0.05, 0) is 31.7 Å². The smallest absolute Gasteiger partial charge is 0.251 e. The molecule has 2 amide bonds. The molecule has 1 fully saturated rings. The quantitative estimate of drug-likeness (QED) is 0.602. The summed E-state index contributed by atoms with van der Waals surface area (Å²) in [7, 11) is 1.83. The zero-order chi connectivity index (χ0) is 23.0. The van der Waals surface area contributed by atoms with Gasteiger partial charge in [-0.2, -0.15) is 0 Å². The molecule has 3 aromatic carbocycles. The molecule has 0 aliphatic carbocycles. The number of fused-ring (bicyclic) bond motifs is 5. The molecule has 0 unspecified atom stereocenters. The number of hydrogen-bond acceptors (Lipinski definition) is 4. The number of amides is 2. The highest BCUT2D eigenvalue weighted by molar-refractivity contribution is 6.20. The summed E-state index contributed by atoms with van der Waals surface area (Å²) in [5.74, 6) is -1.48. The molecule has 33 heavy (non-hydrogen) atoms. The first-order chi connectivity index (χ1) is 15.9. The number of carbonyl (C=O) groups is 3. The van der Waals surface area contributed by atoms with Gasteiger partial charge in [0.25, 0.3) is 5.91 Å². The number of para-hydroxylation sites is 2. The first-order valence-electron chi connectivity index (χ1n) is 11.1. The first kappa shape index (κ1) is 19.9. The van der Waals surface area contributed by atoms with E-state index in [1.807, 2.05) is 79.5 Å². The summed E-state index contributed by atoms with van der Waals surface area (Å²) in [4.78, 5) is 43.9. The van der Waals surface area contributed by atoms with E-state index in [1.165, 1.54) is 0 Å². The Balaban J connectivity index is 1.68. The Hall–Kier alpha value is -3.77. The van der Waals surface area contributed by atoms with Crippen LogP contribution >= 0.6 is 0 Å². The zero-order valence-electron chi connectivity index (χ0n) is 18.4. The van der Waals surface area contributed by atoms with Gasteiger partial charge in [-0.15, -0.1) is 0 Å². The summed E-state index contributed by atoms with van der Waals surface area (Å²) >= 11 is 0. The van der Waals surface area contributed by atoms with Crippen LogP contribution in [0.15, 0.2) is 72.8 Å². The maximum absolute atomic E-state index is 14.0. The molecule has 2 N–H and O–H groups in total. The number of aryl methyl sites for hydroxylation is 1. The Morgan fingerprint density at radius 3 is 2.12 bits per heavy atom. The molecular formula is C27H23N3O3. The van der Waals surface area contributed by atoms with E-state index in [4.69, 9.17) is 0 Å². The molecule has 6 rings (SSSR count). The third kappa shape index (κ3) is 2.23. The van der Waals surface area contributed by atoms with E-state index in [1.54, 1.807) is 12.1 Å². The van der Waals surface area contributed by atoms with Crippen molar-refractivity contribution in [1.82, 2.24) is 4.90 Å². The van der Waals surface area contributed by atoms with Crippen molar-refractivity contribution in [3.8, 4) is 0 Å². The predicted molar refractivity (Wildman–Crippen MR) is 125 cm³/mol. The van der Waals surface area contributed by atoms with Gasteiger partial charge in [0.15, 0.2) is 5.78 Å². The number of benzene rings is 3. The number of anilines is 2. The lowest BCUT2D eigenvalue weighted by molar-refractivity contribution is -0.136. The van der Waals surface area contributed by atoms with Gasteiger partial charge in [0, 0.05) is 29.0 Å². The number of likely N-dealkylation sites (tertiary alicyclic amines) is 1. The van der Waals surface area contributed by atoms with Gasteiger partial charge in [-0.25, -0.2) is 0 Å². The zero-order valence-corrected chi connectivity index (χ0v) is 18.4. The lowest BCUT2D eigenvalue weighted by Crippen LogP contribution is -2.61. The van der Waals surface area contributed by atoms with Crippen molar-refractivity contribution in [2.24, 2.45) is 5.92 Å². The number of ketones is 1. The Morgan fingerprint density at radius 1 is 0.848 bits per heavy atom. The number of rotatable bonds is 2. The van der Waals surface area contributed by atoms with Crippen molar-refractivity contribution < 1.29 is 14.4 Å². The van der Waals surface area contributed by atoms with Crippen molar-refractivity contribution in [2.45, 2.75) is 17.9 Å². The molecule has 0 bridgehead atoms. The summed E-state index contributed by atoms with van der Waals surface area (Å²) in [6.45, 7) is 2.24. The van der Waals surface area contributed by atoms with Crippen LogP contribution < -0.4 is 10.6 Å². The SMILES string of the molecule is Cc1ccc(C(=O)[C@@H]2CN(C)[C@@]3(C(=O)Nc4ccccc43)[C@@]23C(=O)Nc2ccccc23)cc1. The minimum atomic E-state index is -1.41. The van der Waals surface area contributed by atoms with E-state index in [9.17, 15) is 14.4 Å². The monoisotopic (exact) mass is 437 g/mol. The molecule has 2 spiro atoms. The van der Waals surface area contributed by atoms with Crippen LogP contribution in [0.3, 0.4) is 0 Å². The number of carbonyl (C=O) groups excluding carboxylic acids is 3. The molecule has 3 aliphatic heterocycles. The predicted octanol–water partition coefficient (Wildman–Crippen LogP) is 3.48. The summed E-state index contributed by atoms with van der Waals surface area (Å²) < 4.78 is 0. The van der Waals surface area contributed by atoms with Crippen LogP contribution in [0.1, 0.15) is 27.0 Å². The molecule has 164 valence electrons. The van der Waals surface area contributed by atoms with Crippen LogP contribution in [-0.2, 0) is 20.5 Å². The van der Waals surface area contributed by atoms with Crippen LogP contribution in [0.4, 0.5) is 11.4 Å². The van der Waals surface area contributed by atoms with Gasteiger partial charge in [0.2, 0.25) is 5.91 Å². The van der Waals surface area contributed by atoms with Crippen molar-refractivity contribution in [3.63, 3.8) is 0 Å². The van der Waals surface area contributed by atoms with Gasteiger partial charge in [0.05, 0.1) is 5.92 Å². The van der Waals surface area contributed by atoms with Crippen LogP contribution in [0.25, 0.3) is 0 Å². The number of nitrogens with zero attached hydrogens (tertiary/aromatic N) is 1. The average molecular weight is 437 g/mol. The third-order valence-electron chi connectivity index (χ3n) is 7.63. The fourth-order valence-corrected chi connectivity index (χ4v) is 6.30. The Morgan fingerprint density at radius 2 is 1.42 bits per heavy atom. The van der Waals surface area contributed by atoms with E-state index in [0.29, 0.717) is 22.5 Å². The van der Waals surface area contributed by atoms with Crippen molar-refractivity contribution in [3.05, 3.63) is 95.1 Å². The van der Waals surface area contributed by atoms with Crippen LogP contribution in [0, 0.1) is 12.8 Å². The largest absolute Gasteiger partial charge is 0.325 e. The maximum atomic E-state index is 14.0. The molecule has 0 radical (unpaired) electrons. The molecule has 0 aromatic heterocycles. The molecule has 3 atom stereocenters. The standard InChI is InChI=1S/C27H23N3O3/c1-16-11-13-17(14-12-16)23(31)20-15-30(2)27(19-8-4-6-10-22(19)29-25(27)33)26(20)18-7-3-5-9-21(18)28-24(26)32/h3-14,20H,15H2,1-2H3,(H,28,32)(H,29,33)/t20-,26+,27-/m0/s1. The second kappa shape index (κ2) is 6.62. The van der Waals surface area contributed by atoms with E-state index >= 15 is 0 Å². The second-order valence-corrected chi connectivity index (χ2v) is 9.18. The Kier molecular flexibility index (Phi) is 3.99. The number of likely N-dealkylation sites (N-methyl/N-ethyl adjacent to an activating group) is 1. The van der Waals surface area contributed by atoms with Crippen LogP contribution in [0.5, 0.6) is 0 Å². The topological polar surface area (TPSA) is 78.5 Å². The average Bonchev–Trinajstić information content (AvgIpc) is 3.39. The van der Waals surface area contributed by atoms with Crippen molar-refractivity contribution in [1.29, 1.82) is 0 Å². The Bertz CT molecular complexity index is 1350. The van der Waals surface area contributed by atoms with Crippen LogP contribution in [0.2, 0.25) is 0 Å². The molecule has 1 saturated heterocycles.